The van der Waals surface area contributed by atoms with Crippen molar-refractivity contribution in [3.05, 3.63) is 12.2 Å². The first-order valence-corrected chi connectivity index (χ1v) is 11.3. The number of nitrogens with zero attached hydrogens (tertiary/aromatic N) is 2. The van der Waals surface area contributed by atoms with Crippen molar-refractivity contribution in [2.24, 2.45) is 0 Å². The maximum Gasteiger partial charge on any atom is 0.333 e. The van der Waals surface area contributed by atoms with Crippen molar-refractivity contribution in [2.75, 3.05) is 11.5 Å². The molecule has 0 aromatic carbocycles. The minimum absolute atomic E-state index is 0.0988. The van der Waals surface area contributed by atoms with Crippen LogP contribution in [0.3, 0.4) is 0 Å². The van der Waals surface area contributed by atoms with Crippen LogP contribution in [-0.4, -0.2) is 33.8 Å². The van der Waals surface area contributed by atoms with Gasteiger partial charge >= 0.3 is 5.97 Å². The van der Waals surface area contributed by atoms with Gasteiger partial charge in [0.15, 0.2) is 8.68 Å². The summed E-state index contributed by atoms with van der Waals surface area (Å²) in [6.45, 7) is 9.62. The molecule has 0 N–H and O–H groups in total. The van der Waals surface area contributed by atoms with Crippen molar-refractivity contribution in [3.63, 3.8) is 0 Å². The van der Waals surface area contributed by atoms with Gasteiger partial charge in [0.05, 0.1) is 0 Å². The van der Waals surface area contributed by atoms with Crippen LogP contribution in [0.1, 0.15) is 59.3 Å². The van der Waals surface area contributed by atoms with E-state index < -0.39 is 0 Å². The standard InChI is InChI=1S/C17H28N2O2S3/c1-5-7-8-9-11-22-16-18-19-17(24-16)23-12-14(10-6-2)21-15(20)13(3)4/h14H,3,5-12H2,1-2,4H3. The first kappa shape index (κ1) is 21.5. The molecule has 0 aliphatic rings. The number of ether oxygens (including phenoxy) is 1. The van der Waals surface area contributed by atoms with E-state index in [1.165, 1.54) is 25.7 Å². The molecule has 136 valence electrons. The zero-order valence-electron chi connectivity index (χ0n) is 14.9. The Balaban J connectivity index is 2.36. The number of carbonyl (C=O) groups is 1. The third kappa shape index (κ3) is 9.08. The van der Waals surface area contributed by atoms with Gasteiger partial charge in [-0.1, -0.05) is 81.0 Å². The molecule has 1 aromatic heterocycles. The number of hydrogen-bond donors (Lipinski definition) is 0. The average Bonchev–Trinajstić information content (AvgIpc) is 3.00. The Morgan fingerprint density at radius 2 is 1.88 bits per heavy atom. The number of thioether (sulfide) groups is 2. The van der Waals surface area contributed by atoms with Crippen LogP contribution >= 0.6 is 34.9 Å². The highest BCUT2D eigenvalue weighted by Gasteiger charge is 2.16. The van der Waals surface area contributed by atoms with Crippen LogP contribution in [0.4, 0.5) is 0 Å². The number of hydrogen-bond acceptors (Lipinski definition) is 7. The molecule has 1 unspecified atom stereocenters. The number of aromatic nitrogens is 2. The maximum absolute atomic E-state index is 11.7. The first-order valence-electron chi connectivity index (χ1n) is 8.52. The lowest BCUT2D eigenvalue weighted by atomic mass is 10.2. The van der Waals surface area contributed by atoms with Crippen molar-refractivity contribution in [2.45, 2.75) is 74.1 Å². The van der Waals surface area contributed by atoms with Crippen molar-refractivity contribution >= 4 is 40.8 Å². The van der Waals surface area contributed by atoms with Gasteiger partial charge in [0, 0.05) is 17.1 Å². The molecule has 0 saturated heterocycles. The second-order valence-electron chi connectivity index (χ2n) is 5.65. The maximum atomic E-state index is 11.7. The summed E-state index contributed by atoms with van der Waals surface area (Å²) in [4.78, 5) is 11.7. The van der Waals surface area contributed by atoms with Gasteiger partial charge in [-0.25, -0.2) is 4.79 Å². The second-order valence-corrected chi connectivity index (χ2v) is 9.24. The van der Waals surface area contributed by atoms with Crippen molar-refractivity contribution < 1.29 is 9.53 Å². The summed E-state index contributed by atoms with van der Waals surface area (Å²) in [6, 6.07) is 0. The fourth-order valence-electron chi connectivity index (χ4n) is 1.92. The fraction of sp³-hybridized carbons (Fsp3) is 0.706. The van der Waals surface area contributed by atoms with Crippen molar-refractivity contribution in [1.29, 1.82) is 0 Å². The van der Waals surface area contributed by atoms with Crippen LogP contribution in [0, 0.1) is 0 Å². The zero-order valence-corrected chi connectivity index (χ0v) is 17.3. The van der Waals surface area contributed by atoms with E-state index in [2.05, 4.69) is 30.6 Å². The van der Waals surface area contributed by atoms with Gasteiger partial charge in [-0.2, -0.15) is 0 Å². The lowest BCUT2D eigenvalue weighted by molar-refractivity contribution is -0.143. The molecule has 4 nitrogen and oxygen atoms in total. The minimum atomic E-state index is -0.311. The first-order chi connectivity index (χ1) is 11.6. The van der Waals surface area contributed by atoms with E-state index in [-0.39, 0.29) is 12.1 Å². The zero-order chi connectivity index (χ0) is 17.8. The van der Waals surface area contributed by atoms with Gasteiger partial charge in [-0.3, -0.25) is 0 Å². The summed E-state index contributed by atoms with van der Waals surface area (Å²) in [5, 5.41) is 8.47. The SMILES string of the molecule is C=C(C)C(=O)OC(CCC)CSc1nnc(SCCCCCC)s1. The van der Waals surface area contributed by atoms with Crippen molar-refractivity contribution in [3.8, 4) is 0 Å². The Morgan fingerprint density at radius 1 is 1.17 bits per heavy atom. The molecule has 0 aliphatic carbocycles. The molecule has 1 rings (SSSR count). The predicted molar refractivity (Wildman–Crippen MR) is 105 cm³/mol. The molecule has 1 aromatic rings. The van der Waals surface area contributed by atoms with Crippen molar-refractivity contribution in [1.82, 2.24) is 10.2 Å². The van der Waals surface area contributed by atoms with E-state index >= 15 is 0 Å². The highest BCUT2D eigenvalue weighted by Crippen LogP contribution is 2.30. The van der Waals surface area contributed by atoms with E-state index in [0.29, 0.717) is 11.3 Å². The molecule has 7 heteroatoms. The molecule has 0 aliphatic heterocycles. The Bertz CT molecular complexity index is 506. The quantitative estimate of drug-likeness (QED) is 0.190. The second kappa shape index (κ2) is 12.8. The predicted octanol–water partition coefficient (Wildman–Crippen LogP) is 5.59. The van der Waals surface area contributed by atoms with Crippen LogP contribution in [0.15, 0.2) is 20.8 Å². The lowest BCUT2D eigenvalue weighted by Crippen LogP contribution is -2.20. The fourth-order valence-corrected chi connectivity index (χ4v) is 5.07. The number of unbranched alkanes of at least 4 members (excludes halogenated alkanes) is 3. The molecular weight excluding hydrogens is 360 g/mol. The van der Waals surface area contributed by atoms with E-state index in [0.717, 1.165) is 27.3 Å². The molecule has 0 bridgehead atoms. The largest absolute Gasteiger partial charge is 0.458 e. The Labute approximate surface area is 158 Å². The van der Waals surface area contributed by atoms with Crippen LogP contribution in [0.25, 0.3) is 0 Å². The van der Waals surface area contributed by atoms with Gasteiger partial charge in [0.25, 0.3) is 0 Å². The van der Waals surface area contributed by atoms with Crippen LogP contribution < -0.4 is 0 Å². The summed E-state index contributed by atoms with van der Waals surface area (Å²) in [5.41, 5.74) is 0.443. The lowest BCUT2D eigenvalue weighted by Gasteiger charge is -2.16. The summed E-state index contributed by atoms with van der Waals surface area (Å²) in [5.74, 6) is 1.51. The van der Waals surface area contributed by atoms with E-state index in [9.17, 15) is 4.79 Å². The van der Waals surface area contributed by atoms with E-state index in [1.807, 2.05) is 0 Å². The van der Waals surface area contributed by atoms with Gasteiger partial charge in [-0.05, 0) is 19.8 Å². The molecule has 0 spiro atoms. The third-order valence-electron chi connectivity index (χ3n) is 3.24. The summed E-state index contributed by atoms with van der Waals surface area (Å²) < 4.78 is 7.45. The molecule has 24 heavy (non-hydrogen) atoms. The van der Waals surface area contributed by atoms with Gasteiger partial charge in [-0.15, -0.1) is 10.2 Å². The van der Waals surface area contributed by atoms with Crippen LogP contribution in [0.2, 0.25) is 0 Å². The average molecular weight is 389 g/mol. The molecule has 0 radical (unpaired) electrons. The Hall–Kier alpha value is -0.530. The monoisotopic (exact) mass is 388 g/mol. The van der Waals surface area contributed by atoms with E-state index in [4.69, 9.17) is 4.74 Å². The van der Waals surface area contributed by atoms with Crippen LogP contribution in [0.5, 0.6) is 0 Å². The molecule has 0 amide bonds. The summed E-state index contributed by atoms with van der Waals surface area (Å²) in [7, 11) is 0. The minimum Gasteiger partial charge on any atom is -0.458 e. The Kier molecular flexibility index (Phi) is 11.5. The number of esters is 1. The number of carbonyl (C=O) groups excluding carboxylic acids is 1. The highest BCUT2D eigenvalue weighted by atomic mass is 32.2. The summed E-state index contributed by atoms with van der Waals surface area (Å²) >= 11 is 5.03. The molecule has 0 fully saturated rings. The molecule has 1 heterocycles. The van der Waals surface area contributed by atoms with E-state index in [1.54, 1.807) is 41.8 Å². The normalized spacial score (nSPS) is 12.1. The topological polar surface area (TPSA) is 52.1 Å². The Morgan fingerprint density at radius 3 is 2.50 bits per heavy atom. The highest BCUT2D eigenvalue weighted by molar-refractivity contribution is 8.03. The number of rotatable bonds is 13. The summed E-state index contributed by atoms with van der Waals surface area (Å²) in [6.07, 6.45) is 6.82. The molecular formula is C17H28N2O2S3. The van der Waals surface area contributed by atoms with Gasteiger partial charge in [0.1, 0.15) is 6.10 Å². The van der Waals surface area contributed by atoms with Crippen LogP contribution in [-0.2, 0) is 9.53 Å². The molecule has 0 saturated carbocycles. The van der Waals surface area contributed by atoms with Gasteiger partial charge < -0.3 is 4.74 Å². The molecule has 1 atom stereocenters. The van der Waals surface area contributed by atoms with Gasteiger partial charge in [0.2, 0.25) is 0 Å². The third-order valence-corrected chi connectivity index (χ3v) is 6.64. The smallest absolute Gasteiger partial charge is 0.333 e.